The van der Waals surface area contributed by atoms with Gasteiger partial charge in [0.1, 0.15) is 5.78 Å². The van der Waals surface area contributed by atoms with E-state index in [1.807, 2.05) is 0 Å². The molecule has 1 saturated heterocycles. The average Bonchev–Trinajstić information content (AvgIpc) is 2.06. The highest BCUT2D eigenvalue weighted by atomic mass is 16.5. The maximum absolute atomic E-state index is 11.1. The molecule has 0 aromatic heterocycles. The fourth-order valence-corrected chi connectivity index (χ4v) is 1.27. The zero-order valence-corrected chi connectivity index (χ0v) is 7.21. The summed E-state index contributed by atoms with van der Waals surface area (Å²) in [5.74, 6) is 0.230. The van der Waals surface area contributed by atoms with Crippen molar-refractivity contribution >= 4 is 5.78 Å². The lowest BCUT2D eigenvalue weighted by molar-refractivity contribution is -0.119. The van der Waals surface area contributed by atoms with Gasteiger partial charge >= 0.3 is 0 Å². The molecule has 12 heavy (non-hydrogen) atoms. The van der Waals surface area contributed by atoms with Gasteiger partial charge in [0.15, 0.2) is 0 Å². The first-order valence-electron chi connectivity index (χ1n) is 4.26. The molecule has 1 aliphatic rings. The van der Waals surface area contributed by atoms with E-state index in [0.717, 1.165) is 13.2 Å². The van der Waals surface area contributed by atoms with Gasteiger partial charge in [0, 0.05) is 25.4 Å². The first kappa shape index (κ1) is 9.42. The second kappa shape index (κ2) is 5.06. The molecule has 1 unspecified atom stereocenters. The summed E-state index contributed by atoms with van der Waals surface area (Å²) in [5.41, 5.74) is 0. The van der Waals surface area contributed by atoms with Crippen LogP contribution in [0.5, 0.6) is 0 Å². The number of morpholine rings is 1. The Hall–Kier alpha value is -0.670. The lowest BCUT2D eigenvalue weighted by Gasteiger charge is -2.22. The summed E-state index contributed by atoms with van der Waals surface area (Å²) in [5, 5.41) is 3.23. The van der Waals surface area contributed by atoms with Crippen LogP contribution in [0.3, 0.4) is 0 Å². The number of Topliss-reactive ketones (excluding diaryl/α,β-unsaturated/α-hetero) is 1. The fourth-order valence-electron chi connectivity index (χ4n) is 1.27. The molecular formula is C9H15NO2. The van der Waals surface area contributed by atoms with Gasteiger partial charge in [0.2, 0.25) is 0 Å². The molecule has 0 saturated carbocycles. The SMILES string of the molecule is C=CCC(=O)CC1COCCN1. The lowest BCUT2D eigenvalue weighted by Crippen LogP contribution is -2.42. The maximum Gasteiger partial charge on any atom is 0.138 e. The quantitative estimate of drug-likeness (QED) is 0.623. The van der Waals surface area contributed by atoms with E-state index in [-0.39, 0.29) is 11.8 Å². The summed E-state index contributed by atoms with van der Waals surface area (Å²) in [6.45, 7) is 5.79. The van der Waals surface area contributed by atoms with Gasteiger partial charge in [-0.15, -0.1) is 6.58 Å². The van der Waals surface area contributed by atoms with E-state index in [0.29, 0.717) is 19.4 Å². The minimum absolute atomic E-state index is 0.214. The highest BCUT2D eigenvalue weighted by Gasteiger charge is 2.15. The molecule has 1 aliphatic heterocycles. The molecule has 1 heterocycles. The monoisotopic (exact) mass is 169 g/mol. The molecule has 1 rings (SSSR count). The molecule has 0 aromatic rings. The van der Waals surface area contributed by atoms with Crippen molar-refractivity contribution in [2.45, 2.75) is 18.9 Å². The molecular weight excluding hydrogens is 154 g/mol. The zero-order chi connectivity index (χ0) is 8.81. The number of nitrogens with one attached hydrogen (secondary N) is 1. The number of carbonyl (C=O) groups excluding carboxylic acids is 1. The van der Waals surface area contributed by atoms with Crippen molar-refractivity contribution in [3.63, 3.8) is 0 Å². The van der Waals surface area contributed by atoms with Crippen molar-refractivity contribution < 1.29 is 9.53 Å². The van der Waals surface area contributed by atoms with Gasteiger partial charge < -0.3 is 10.1 Å². The van der Waals surface area contributed by atoms with E-state index in [1.165, 1.54) is 0 Å². The molecule has 68 valence electrons. The van der Waals surface area contributed by atoms with Crippen molar-refractivity contribution in [3.8, 4) is 0 Å². The van der Waals surface area contributed by atoms with Crippen LogP contribution in [0, 0.1) is 0 Å². The van der Waals surface area contributed by atoms with E-state index in [4.69, 9.17) is 4.74 Å². The van der Waals surface area contributed by atoms with Crippen molar-refractivity contribution in [1.29, 1.82) is 0 Å². The third-order valence-corrected chi connectivity index (χ3v) is 1.84. The molecule has 3 heteroatoms. The number of hydrogen-bond acceptors (Lipinski definition) is 3. The van der Waals surface area contributed by atoms with Gasteiger partial charge in [-0.1, -0.05) is 6.08 Å². The van der Waals surface area contributed by atoms with Crippen LogP contribution in [0.2, 0.25) is 0 Å². The van der Waals surface area contributed by atoms with Crippen LogP contribution >= 0.6 is 0 Å². The van der Waals surface area contributed by atoms with Gasteiger partial charge in [-0.05, 0) is 0 Å². The molecule has 1 fully saturated rings. The molecule has 3 nitrogen and oxygen atoms in total. The number of hydrogen-bond donors (Lipinski definition) is 1. The van der Waals surface area contributed by atoms with Crippen molar-refractivity contribution in [2.75, 3.05) is 19.8 Å². The van der Waals surface area contributed by atoms with Crippen molar-refractivity contribution in [2.24, 2.45) is 0 Å². The van der Waals surface area contributed by atoms with Crippen LogP contribution in [0.25, 0.3) is 0 Å². The lowest BCUT2D eigenvalue weighted by atomic mass is 10.1. The van der Waals surface area contributed by atoms with Crippen LogP contribution in [0.15, 0.2) is 12.7 Å². The molecule has 0 aromatic carbocycles. The van der Waals surface area contributed by atoms with Gasteiger partial charge in [0.25, 0.3) is 0 Å². The van der Waals surface area contributed by atoms with Crippen LogP contribution in [-0.2, 0) is 9.53 Å². The maximum atomic E-state index is 11.1. The molecule has 0 radical (unpaired) electrons. The summed E-state index contributed by atoms with van der Waals surface area (Å²) >= 11 is 0. The smallest absolute Gasteiger partial charge is 0.138 e. The van der Waals surface area contributed by atoms with E-state index >= 15 is 0 Å². The molecule has 0 aliphatic carbocycles. The minimum atomic E-state index is 0.214. The Morgan fingerprint density at radius 2 is 2.58 bits per heavy atom. The number of allylic oxidation sites excluding steroid dienone is 1. The Bertz CT molecular complexity index is 162. The van der Waals surface area contributed by atoms with E-state index in [2.05, 4.69) is 11.9 Å². The largest absolute Gasteiger partial charge is 0.379 e. The predicted molar refractivity (Wildman–Crippen MR) is 47.0 cm³/mol. The highest BCUT2D eigenvalue weighted by molar-refractivity contribution is 5.80. The Labute approximate surface area is 72.8 Å². The van der Waals surface area contributed by atoms with Crippen LogP contribution in [0.4, 0.5) is 0 Å². The van der Waals surface area contributed by atoms with Gasteiger partial charge in [-0.2, -0.15) is 0 Å². The molecule has 0 amide bonds. The fraction of sp³-hybridized carbons (Fsp3) is 0.667. The summed E-state index contributed by atoms with van der Waals surface area (Å²) in [4.78, 5) is 11.1. The van der Waals surface area contributed by atoms with E-state index in [1.54, 1.807) is 6.08 Å². The van der Waals surface area contributed by atoms with Crippen LogP contribution < -0.4 is 5.32 Å². The number of ketones is 1. The second-order valence-corrected chi connectivity index (χ2v) is 2.96. The topological polar surface area (TPSA) is 38.3 Å². The van der Waals surface area contributed by atoms with E-state index in [9.17, 15) is 4.79 Å². The van der Waals surface area contributed by atoms with E-state index < -0.39 is 0 Å². The van der Waals surface area contributed by atoms with Crippen molar-refractivity contribution in [3.05, 3.63) is 12.7 Å². The first-order chi connectivity index (χ1) is 5.83. The summed E-state index contributed by atoms with van der Waals surface area (Å²) in [6, 6.07) is 0.214. The Kier molecular flexibility index (Phi) is 3.97. The minimum Gasteiger partial charge on any atom is -0.379 e. The molecule has 1 atom stereocenters. The second-order valence-electron chi connectivity index (χ2n) is 2.96. The molecule has 1 N–H and O–H groups in total. The Morgan fingerprint density at radius 1 is 1.75 bits per heavy atom. The Balaban J connectivity index is 2.19. The number of rotatable bonds is 4. The molecule has 0 spiro atoms. The Morgan fingerprint density at radius 3 is 3.17 bits per heavy atom. The average molecular weight is 169 g/mol. The highest BCUT2D eigenvalue weighted by Crippen LogP contribution is 2.01. The third kappa shape index (κ3) is 3.15. The van der Waals surface area contributed by atoms with Crippen molar-refractivity contribution in [1.82, 2.24) is 5.32 Å². The predicted octanol–water partition coefficient (Wildman–Crippen LogP) is 0.510. The number of ether oxygens (including phenoxy) is 1. The van der Waals surface area contributed by atoms with Gasteiger partial charge in [0.05, 0.1) is 13.2 Å². The zero-order valence-electron chi connectivity index (χ0n) is 7.21. The number of carbonyl (C=O) groups is 1. The summed E-state index contributed by atoms with van der Waals surface area (Å²) < 4.78 is 5.22. The normalized spacial score (nSPS) is 23.5. The summed E-state index contributed by atoms with van der Waals surface area (Å²) in [6.07, 6.45) is 2.68. The van der Waals surface area contributed by atoms with Crippen LogP contribution in [0.1, 0.15) is 12.8 Å². The van der Waals surface area contributed by atoms with Gasteiger partial charge in [-0.3, -0.25) is 4.79 Å². The molecule has 0 bridgehead atoms. The van der Waals surface area contributed by atoms with Gasteiger partial charge in [-0.25, -0.2) is 0 Å². The standard InChI is InChI=1S/C9H15NO2/c1-2-3-9(11)6-8-7-12-5-4-10-8/h2,8,10H,1,3-7H2. The first-order valence-corrected chi connectivity index (χ1v) is 4.26. The van der Waals surface area contributed by atoms with Crippen LogP contribution in [-0.4, -0.2) is 31.6 Å². The third-order valence-electron chi connectivity index (χ3n) is 1.84. The summed E-state index contributed by atoms with van der Waals surface area (Å²) in [7, 11) is 0.